The Morgan fingerprint density at radius 1 is 1.44 bits per heavy atom. The second-order valence-electron chi connectivity index (χ2n) is 4.78. The molecule has 4 heteroatoms. The summed E-state index contributed by atoms with van der Waals surface area (Å²) in [7, 11) is 3.24. The van der Waals surface area contributed by atoms with Gasteiger partial charge in [-0.15, -0.1) is 0 Å². The minimum absolute atomic E-state index is 0.0428. The standard InChI is InChI=1S/C12H20O4/c1-8-5-6-9-7-10(8)15-16-12(9,2)11(13-3)14-4/h9-11H,1,5-7H2,2-4H3/t9-,10-,12-/m0/s1. The second-order valence-corrected chi connectivity index (χ2v) is 4.78. The van der Waals surface area contributed by atoms with Crippen molar-refractivity contribution in [1.29, 1.82) is 0 Å². The molecular formula is C12H20O4. The van der Waals surface area contributed by atoms with Crippen LogP contribution >= 0.6 is 0 Å². The van der Waals surface area contributed by atoms with Crippen molar-refractivity contribution in [2.75, 3.05) is 14.2 Å². The average Bonchev–Trinajstić information content (AvgIpc) is 2.29. The van der Waals surface area contributed by atoms with Crippen LogP contribution in [-0.4, -0.2) is 32.2 Å². The van der Waals surface area contributed by atoms with Crippen molar-refractivity contribution in [3.63, 3.8) is 0 Å². The summed E-state index contributed by atoms with van der Waals surface area (Å²) in [5, 5.41) is 0. The predicted octanol–water partition coefficient (Wildman–Crippen LogP) is 2.05. The van der Waals surface area contributed by atoms with Crippen LogP contribution in [0.15, 0.2) is 12.2 Å². The first kappa shape index (κ1) is 12.0. The van der Waals surface area contributed by atoms with Crippen molar-refractivity contribution in [2.24, 2.45) is 5.92 Å². The Balaban J connectivity index is 2.15. The highest BCUT2D eigenvalue weighted by Gasteiger charge is 2.51. The minimum Gasteiger partial charge on any atom is -0.353 e. The fourth-order valence-electron chi connectivity index (χ4n) is 2.72. The molecule has 0 aromatic rings. The molecule has 2 bridgehead atoms. The van der Waals surface area contributed by atoms with Crippen LogP contribution < -0.4 is 0 Å². The zero-order valence-corrected chi connectivity index (χ0v) is 10.2. The molecule has 0 aromatic heterocycles. The number of fused-ring (bicyclic) bond motifs is 2. The lowest BCUT2D eigenvalue weighted by Crippen LogP contribution is -2.56. The third-order valence-electron chi connectivity index (χ3n) is 3.82. The fraction of sp³-hybridized carbons (Fsp3) is 0.833. The second kappa shape index (κ2) is 4.45. The van der Waals surface area contributed by atoms with Crippen LogP contribution in [-0.2, 0) is 19.2 Å². The summed E-state index contributed by atoms with van der Waals surface area (Å²) in [4.78, 5) is 10.9. The van der Waals surface area contributed by atoms with Gasteiger partial charge in [0.25, 0.3) is 0 Å². The first-order valence-electron chi connectivity index (χ1n) is 5.69. The maximum absolute atomic E-state index is 5.54. The lowest BCUT2D eigenvalue weighted by molar-refractivity contribution is -0.451. The van der Waals surface area contributed by atoms with Crippen molar-refractivity contribution in [2.45, 2.75) is 44.2 Å². The van der Waals surface area contributed by atoms with Gasteiger partial charge in [0.05, 0.1) is 0 Å². The Morgan fingerprint density at radius 2 is 2.12 bits per heavy atom. The summed E-state index contributed by atoms with van der Waals surface area (Å²) in [6.45, 7) is 5.99. The molecule has 0 N–H and O–H groups in total. The first-order chi connectivity index (χ1) is 7.61. The summed E-state index contributed by atoms with van der Waals surface area (Å²) in [5.41, 5.74) is 0.602. The maximum atomic E-state index is 5.54. The average molecular weight is 228 g/mol. The number of methoxy groups -OCH3 is 2. The van der Waals surface area contributed by atoms with E-state index >= 15 is 0 Å². The van der Waals surface area contributed by atoms with Gasteiger partial charge in [0.2, 0.25) is 0 Å². The Morgan fingerprint density at radius 3 is 2.75 bits per heavy atom. The van der Waals surface area contributed by atoms with Gasteiger partial charge in [0.1, 0.15) is 6.10 Å². The van der Waals surface area contributed by atoms with E-state index in [1.54, 1.807) is 14.2 Å². The summed E-state index contributed by atoms with van der Waals surface area (Å²) < 4.78 is 10.6. The Kier molecular flexibility index (Phi) is 3.35. The van der Waals surface area contributed by atoms with Gasteiger partial charge in [0.15, 0.2) is 11.9 Å². The van der Waals surface area contributed by atoms with Crippen molar-refractivity contribution >= 4 is 0 Å². The fourth-order valence-corrected chi connectivity index (χ4v) is 2.72. The van der Waals surface area contributed by atoms with Gasteiger partial charge < -0.3 is 9.47 Å². The SMILES string of the molecule is C=C1CC[C@H]2C[C@@H]1OO[C@]2(C)C(OC)OC. The van der Waals surface area contributed by atoms with Gasteiger partial charge >= 0.3 is 0 Å². The maximum Gasteiger partial charge on any atom is 0.189 e. The van der Waals surface area contributed by atoms with E-state index in [-0.39, 0.29) is 6.10 Å². The third kappa shape index (κ3) is 1.80. The van der Waals surface area contributed by atoms with Crippen molar-refractivity contribution < 1.29 is 19.2 Å². The van der Waals surface area contributed by atoms with Gasteiger partial charge in [-0.1, -0.05) is 6.58 Å². The molecule has 92 valence electrons. The van der Waals surface area contributed by atoms with Crippen LogP contribution in [0.25, 0.3) is 0 Å². The Hall–Kier alpha value is -0.420. The van der Waals surface area contributed by atoms with Crippen LogP contribution in [0.2, 0.25) is 0 Å². The topological polar surface area (TPSA) is 36.9 Å². The lowest BCUT2D eigenvalue weighted by Gasteiger charge is -2.48. The third-order valence-corrected chi connectivity index (χ3v) is 3.82. The highest BCUT2D eigenvalue weighted by Crippen LogP contribution is 2.45. The number of ether oxygens (including phenoxy) is 2. The first-order valence-corrected chi connectivity index (χ1v) is 5.69. The molecule has 0 spiro atoms. The van der Waals surface area contributed by atoms with Crippen molar-refractivity contribution in [1.82, 2.24) is 0 Å². The zero-order chi connectivity index (χ0) is 11.8. The molecule has 0 aromatic carbocycles. The molecule has 16 heavy (non-hydrogen) atoms. The van der Waals surface area contributed by atoms with E-state index in [1.807, 2.05) is 6.92 Å². The largest absolute Gasteiger partial charge is 0.353 e. The number of hydrogen-bond donors (Lipinski definition) is 0. The molecule has 4 nitrogen and oxygen atoms in total. The zero-order valence-electron chi connectivity index (χ0n) is 10.2. The highest BCUT2D eigenvalue weighted by molar-refractivity contribution is 5.10. The van der Waals surface area contributed by atoms with Crippen LogP contribution in [0.1, 0.15) is 26.2 Å². The van der Waals surface area contributed by atoms with E-state index < -0.39 is 11.9 Å². The molecule has 0 unspecified atom stereocenters. The Bertz CT molecular complexity index is 274. The van der Waals surface area contributed by atoms with Crippen LogP contribution in [0.4, 0.5) is 0 Å². The van der Waals surface area contributed by atoms with Crippen molar-refractivity contribution in [3.05, 3.63) is 12.2 Å². The lowest BCUT2D eigenvalue weighted by atomic mass is 9.74. The highest BCUT2D eigenvalue weighted by atomic mass is 17.2. The van der Waals surface area contributed by atoms with Gasteiger partial charge in [0, 0.05) is 14.2 Å². The number of hydrogen-bond acceptors (Lipinski definition) is 4. The molecule has 1 saturated heterocycles. The molecule has 2 fully saturated rings. The normalized spacial score (nSPS) is 39.1. The monoisotopic (exact) mass is 228 g/mol. The molecule has 1 aliphatic carbocycles. The smallest absolute Gasteiger partial charge is 0.189 e. The van der Waals surface area contributed by atoms with Gasteiger partial charge in [-0.2, -0.15) is 0 Å². The van der Waals surface area contributed by atoms with E-state index in [1.165, 1.54) is 0 Å². The summed E-state index contributed by atoms with van der Waals surface area (Å²) in [6, 6.07) is 0. The van der Waals surface area contributed by atoms with E-state index in [0.29, 0.717) is 5.92 Å². The Labute approximate surface area is 96.4 Å². The van der Waals surface area contributed by atoms with E-state index in [9.17, 15) is 0 Å². The summed E-state index contributed by atoms with van der Waals surface area (Å²) in [5.74, 6) is 0.390. The van der Waals surface area contributed by atoms with Gasteiger partial charge in [-0.3, -0.25) is 0 Å². The molecule has 2 rings (SSSR count). The molecule has 0 amide bonds. The van der Waals surface area contributed by atoms with Crippen LogP contribution in [0, 0.1) is 5.92 Å². The van der Waals surface area contributed by atoms with Crippen LogP contribution in [0.3, 0.4) is 0 Å². The van der Waals surface area contributed by atoms with Gasteiger partial charge in [-0.05, 0) is 37.7 Å². The van der Waals surface area contributed by atoms with Crippen LogP contribution in [0.5, 0.6) is 0 Å². The summed E-state index contributed by atoms with van der Waals surface area (Å²) >= 11 is 0. The summed E-state index contributed by atoms with van der Waals surface area (Å²) in [6.07, 6.45) is 2.64. The quantitative estimate of drug-likeness (QED) is 0.421. The van der Waals surface area contributed by atoms with E-state index in [2.05, 4.69) is 6.58 Å². The van der Waals surface area contributed by atoms with E-state index in [0.717, 1.165) is 24.8 Å². The van der Waals surface area contributed by atoms with Gasteiger partial charge in [-0.25, -0.2) is 9.78 Å². The molecule has 0 radical (unpaired) electrons. The minimum atomic E-state index is -0.527. The molecule has 2 aliphatic rings. The van der Waals surface area contributed by atoms with E-state index in [4.69, 9.17) is 19.2 Å². The molecule has 1 heterocycles. The molecule has 1 saturated carbocycles. The predicted molar refractivity (Wildman–Crippen MR) is 58.7 cm³/mol. The van der Waals surface area contributed by atoms with Crippen molar-refractivity contribution in [3.8, 4) is 0 Å². The number of rotatable bonds is 3. The molecule has 3 atom stereocenters. The molecule has 1 aliphatic heterocycles. The molecular weight excluding hydrogens is 208 g/mol.